The smallest absolute Gasteiger partial charge is 0.255 e. The summed E-state index contributed by atoms with van der Waals surface area (Å²) in [5, 5.41) is 11.6. The number of aromatic nitrogens is 3. The zero-order valence-corrected chi connectivity index (χ0v) is 23.4. The number of nitrogens with zero attached hydrogens (tertiary/aromatic N) is 4. The highest BCUT2D eigenvalue weighted by Gasteiger charge is 2.34. The van der Waals surface area contributed by atoms with E-state index in [1.54, 1.807) is 16.8 Å². The average molecular weight is 543 g/mol. The summed E-state index contributed by atoms with van der Waals surface area (Å²) in [6.07, 6.45) is 0. The van der Waals surface area contributed by atoms with Gasteiger partial charge in [-0.05, 0) is 61.7 Å². The second kappa shape index (κ2) is 10.9. The van der Waals surface area contributed by atoms with Gasteiger partial charge >= 0.3 is 0 Å². The highest BCUT2D eigenvalue weighted by molar-refractivity contribution is 7.98. The van der Waals surface area contributed by atoms with Crippen molar-refractivity contribution in [3.05, 3.63) is 106 Å². The molecular formula is C30H31FN6OS. The molecule has 4 aromatic rings. The van der Waals surface area contributed by atoms with Crippen LogP contribution in [-0.4, -0.2) is 34.8 Å². The van der Waals surface area contributed by atoms with E-state index in [2.05, 4.69) is 15.6 Å². The molecule has 0 saturated carbocycles. The van der Waals surface area contributed by atoms with Gasteiger partial charge in [0, 0.05) is 36.9 Å². The van der Waals surface area contributed by atoms with Crippen LogP contribution in [0, 0.1) is 19.7 Å². The van der Waals surface area contributed by atoms with Gasteiger partial charge in [-0.1, -0.05) is 59.8 Å². The Hall–Kier alpha value is -4.11. The van der Waals surface area contributed by atoms with E-state index in [4.69, 9.17) is 5.10 Å². The number of hydrogen-bond donors (Lipinski definition) is 2. The Morgan fingerprint density at radius 2 is 1.82 bits per heavy atom. The number of amides is 1. The van der Waals surface area contributed by atoms with Gasteiger partial charge in [-0.25, -0.2) is 9.07 Å². The SMILES string of the molecule is CC1=C(C(=O)Nc2ccc(C)cc2C)C(c2ccc(N(C)C)cc2)n2nc(SCc3ccccc3F)nc2N1. The Balaban J connectivity index is 1.51. The van der Waals surface area contributed by atoms with E-state index in [1.807, 2.05) is 88.3 Å². The van der Waals surface area contributed by atoms with Crippen LogP contribution in [0.5, 0.6) is 0 Å². The number of halogens is 1. The van der Waals surface area contributed by atoms with Crippen LogP contribution < -0.4 is 15.5 Å². The summed E-state index contributed by atoms with van der Waals surface area (Å²) < 4.78 is 15.9. The molecule has 0 aliphatic carbocycles. The normalized spacial score (nSPS) is 14.6. The zero-order chi connectivity index (χ0) is 27.7. The fourth-order valence-electron chi connectivity index (χ4n) is 4.65. The maximum Gasteiger partial charge on any atom is 0.255 e. The molecule has 9 heteroatoms. The minimum Gasteiger partial charge on any atom is -0.378 e. The Labute approximate surface area is 232 Å². The lowest BCUT2D eigenvalue weighted by atomic mass is 9.94. The lowest BCUT2D eigenvalue weighted by molar-refractivity contribution is -0.113. The van der Waals surface area contributed by atoms with Crippen LogP contribution in [0.15, 0.2) is 83.2 Å². The van der Waals surface area contributed by atoms with E-state index in [-0.39, 0.29) is 11.7 Å². The molecule has 200 valence electrons. The number of allylic oxidation sites excluding steroid dienone is 1. The number of hydrogen-bond acceptors (Lipinski definition) is 6. The Morgan fingerprint density at radius 3 is 2.51 bits per heavy atom. The number of anilines is 3. The molecule has 5 rings (SSSR count). The molecule has 0 radical (unpaired) electrons. The molecule has 1 aromatic heterocycles. The summed E-state index contributed by atoms with van der Waals surface area (Å²) >= 11 is 1.35. The quantitative estimate of drug-likeness (QED) is 0.266. The molecule has 1 aliphatic rings. The van der Waals surface area contributed by atoms with Crippen molar-refractivity contribution in [1.29, 1.82) is 0 Å². The molecule has 0 spiro atoms. The number of rotatable bonds is 7. The summed E-state index contributed by atoms with van der Waals surface area (Å²) in [5.74, 6) is 0.461. The summed E-state index contributed by atoms with van der Waals surface area (Å²) in [7, 11) is 3.97. The zero-order valence-electron chi connectivity index (χ0n) is 22.6. The molecule has 1 unspecified atom stereocenters. The van der Waals surface area contributed by atoms with Gasteiger partial charge in [-0.15, -0.1) is 5.10 Å². The molecule has 2 N–H and O–H groups in total. The van der Waals surface area contributed by atoms with Gasteiger partial charge in [0.1, 0.15) is 11.9 Å². The Morgan fingerprint density at radius 1 is 1.08 bits per heavy atom. The van der Waals surface area contributed by atoms with Crippen molar-refractivity contribution in [2.75, 3.05) is 29.6 Å². The molecular weight excluding hydrogens is 511 g/mol. The lowest BCUT2D eigenvalue weighted by Gasteiger charge is -2.29. The second-order valence-corrected chi connectivity index (χ2v) is 10.8. The third-order valence-corrected chi connectivity index (χ3v) is 7.63. The van der Waals surface area contributed by atoms with Crippen molar-refractivity contribution in [1.82, 2.24) is 14.8 Å². The Bertz CT molecular complexity index is 1560. The van der Waals surface area contributed by atoms with Gasteiger partial charge in [0.25, 0.3) is 5.91 Å². The highest BCUT2D eigenvalue weighted by atomic mass is 32.2. The first-order valence-electron chi connectivity index (χ1n) is 12.7. The van der Waals surface area contributed by atoms with Crippen LogP contribution >= 0.6 is 11.8 Å². The summed E-state index contributed by atoms with van der Waals surface area (Å²) in [4.78, 5) is 20.5. The topological polar surface area (TPSA) is 75.1 Å². The molecule has 1 amide bonds. The van der Waals surface area contributed by atoms with Crippen molar-refractivity contribution in [3.8, 4) is 0 Å². The van der Waals surface area contributed by atoms with Gasteiger partial charge in [0.15, 0.2) is 0 Å². The number of thioether (sulfide) groups is 1. The van der Waals surface area contributed by atoms with E-state index < -0.39 is 6.04 Å². The molecule has 7 nitrogen and oxygen atoms in total. The second-order valence-electron chi connectivity index (χ2n) is 9.87. The maximum absolute atomic E-state index is 14.2. The summed E-state index contributed by atoms with van der Waals surface area (Å²) in [5.41, 5.74) is 6.68. The largest absolute Gasteiger partial charge is 0.378 e. The van der Waals surface area contributed by atoms with E-state index in [1.165, 1.54) is 17.8 Å². The first kappa shape index (κ1) is 26.5. The van der Waals surface area contributed by atoms with Crippen molar-refractivity contribution in [3.63, 3.8) is 0 Å². The minimum atomic E-state index is -0.501. The number of carbonyl (C=O) groups is 1. The van der Waals surface area contributed by atoms with Gasteiger partial charge in [-0.2, -0.15) is 4.98 Å². The van der Waals surface area contributed by atoms with Gasteiger partial charge < -0.3 is 15.5 Å². The first-order valence-corrected chi connectivity index (χ1v) is 13.7. The minimum absolute atomic E-state index is 0.213. The molecule has 2 heterocycles. The summed E-state index contributed by atoms with van der Waals surface area (Å²) in [6, 6.07) is 20.2. The predicted octanol–water partition coefficient (Wildman–Crippen LogP) is 6.32. The first-order chi connectivity index (χ1) is 18.7. The third-order valence-electron chi connectivity index (χ3n) is 6.75. The number of benzene rings is 3. The molecule has 3 aromatic carbocycles. The van der Waals surface area contributed by atoms with Crippen molar-refractivity contribution in [2.24, 2.45) is 0 Å². The summed E-state index contributed by atoms with van der Waals surface area (Å²) in [6.45, 7) is 5.88. The van der Waals surface area contributed by atoms with Crippen LogP contribution in [0.4, 0.5) is 21.7 Å². The number of carbonyl (C=O) groups excluding carboxylic acids is 1. The van der Waals surface area contributed by atoms with Crippen LogP contribution in [0.3, 0.4) is 0 Å². The van der Waals surface area contributed by atoms with Crippen LogP contribution in [0.25, 0.3) is 0 Å². The standard InChI is InChI=1S/C30H31FN6OS/c1-18-10-15-25(19(2)16-18)33-28(38)26-20(3)32-29-34-30(39-17-22-8-6-7-9-24(22)31)35-37(29)27(26)21-11-13-23(14-12-21)36(4)5/h6-16,27H,17H2,1-5H3,(H,33,38)(H,32,34,35). The van der Waals surface area contributed by atoms with Crippen LogP contribution in [-0.2, 0) is 10.5 Å². The molecule has 1 atom stereocenters. The van der Waals surface area contributed by atoms with Crippen LogP contribution in [0.1, 0.15) is 35.2 Å². The number of aryl methyl sites for hydroxylation is 2. The molecule has 0 bridgehead atoms. The molecule has 39 heavy (non-hydrogen) atoms. The van der Waals surface area contributed by atoms with Crippen molar-refractivity contribution >= 4 is 35.0 Å². The molecule has 1 aliphatic heterocycles. The predicted molar refractivity (Wildman–Crippen MR) is 156 cm³/mol. The lowest BCUT2D eigenvalue weighted by Crippen LogP contribution is -2.31. The van der Waals surface area contributed by atoms with E-state index in [0.29, 0.717) is 33.7 Å². The van der Waals surface area contributed by atoms with Gasteiger partial charge in [-0.3, -0.25) is 4.79 Å². The fourth-order valence-corrected chi connectivity index (χ4v) is 5.47. The number of nitrogens with one attached hydrogen (secondary N) is 2. The molecule has 0 fully saturated rings. The molecule has 0 saturated heterocycles. The van der Waals surface area contributed by atoms with Crippen molar-refractivity contribution < 1.29 is 9.18 Å². The fraction of sp³-hybridized carbons (Fsp3) is 0.233. The van der Waals surface area contributed by atoms with E-state index >= 15 is 0 Å². The van der Waals surface area contributed by atoms with E-state index in [0.717, 1.165) is 28.1 Å². The third kappa shape index (κ3) is 5.54. The maximum atomic E-state index is 14.2. The van der Waals surface area contributed by atoms with E-state index in [9.17, 15) is 9.18 Å². The van der Waals surface area contributed by atoms with Crippen molar-refractivity contribution in [2.45, 2.75) is 37.7 Å². The average Bonchev–Trinajstić information content (AvgIpc) is 3.31. The monoisotopic (exact) mass is 542 g/mol. The number of fused-ring (bicyclic) bond motifs is 1. The van der Waals surface area contributed by atoms with Gasteiger partial charge in [0.2, 0.25) is 11.1 Å². The Kier molecular flexibility index (Phi) is 7.43. The van der Waals surface area contributed by atoms with Crippen LogP contribution in [0.2, 0.25) is 0 Å². The highest BCUT2D eigenvalue weighted by Crippen LogP contribution is 2.38. The van der Waals surface area contributed by atoms with Gasteiger partial charge in [0.05, 0.1) is 5.57 Å².